The maximum atomic E-state index is 12.7. The molecule has 2 fully saturated rings. The predicted octanol–water partition coefficient (Wildman–Crippen LogP) is 4.25. The van der Waals surface area contributed by atoms with Gasteiger partial charge in [0.15, 0.2) is 5.78 Å². The standard InChI is InChI=1S/C21H26O4/c1-24-16-4-5-17(14-2-3-14)18(12-16)20-19(22)11-15(21(20)23)10-13-6-8-25-9-7-13/h4-5,12-15,23H,2-3,6-11H2,1H3. The zero-order valence-electron chi connectivity index (χ0n) is 14.8. The summed E-state index contributed by atoms with van der Waals surface area (Å²) in [6.07, 6.45) is 5.69. The number of ketones is 1. The molecule has 0 spiro atoms. The number of rotatable bonds is 5. The van der Waals surface area contributed by atoms with Crippen LogP contribution in [0, 0.1) is 11.8 Å². The van der Waals surface area contributed by atoms with Crippen LogP contribution < -0.4 is 4.74 Å². The molecule has 1 aromatic rings. The van der Waals surface area contributed by atoms with Gasteiger partial charge in [0.05, 0.1) is 12.7 Å². The van der Waals surface area contributed by atoms with E-state index in [0.29, 0.717) is 29.6 Å². The lowest BCUT2D eigenvalue weighted by Gasteiger charge is -2.24. The lowest BCUT2D eigenvalue weighted by molar-refractivity contribution is -0.113. The van der Waals surface area contributed by atoms with Gasteiger partial charge in [0.1, 0.15) is 11.5 Å². The van der Waals surface area contributed by atoms with Gasteiger partial charge in [-0.15, -0.1) is 0 Å². The smallest absolute Gasteiger partial charge is 0.167 e. The Morgan fingerprint density at radius 3 is 2.64 bits per heavy atom. The molecule has 1 heterocycles. The van der Waals surface area contributed by atoms with Gasteiger partial charge >= 0.3 is 0 Å². The van der Waals surface area contributed by atoms with Crippen LogP contribution in [0.4, 0.5) is 0 Å². The van der Waals surface area contributed by atoms with E-state index in [4.69, 9.17) is 9.47 Å². The Morgan fingerprint density at radius 2 is 1.96 bits per heavy atom. The van der Waals surface area contributed by atoms with Crippen LogP contribution in [0.5, 0.6) is 5.75 Å². The first-order chi connectivity index (χ1) is 12.2. The molecular formula is C21H26O4. The lowest BCUT2D eigenvalue weighted by atomic mass is 9.88. The van der Waals surface area contributed by atoms with E-state index in [-0.39, 0.29) is 11.7 Å². The maximum absolute atomic E-state index is 12.7. The Kier molecular flexibility index (Phi) is 4.55. The van der Waals surface area contributed by atoms with E-state index in [0.717, 1.165) is 56.6 Å². The number of ether oxygens (including phenoxy) is 2. The van der Waals surface area contributed by atoms with Crippen LogP contribution in [0.1, 0.15) is 55.6 Å². The van der Waals surface area contributed by atoms with Crippen molar-refractivity contribution in [1.82, 2.24) is 0 Å². The Labute approximate surface area is 148 Å². The summed E-state index contributed by atoms with van der Waals surface area (Å²) in [6.45, 7) is 1.59. The second kappa shape index (κ2) is 6.83. The summed E-state index contributed by atoms with van der Waals surface area (Å²) in [5.74, 6) is 2.13. The minimum atomic E-state index is -0.0381. The van der Waals surface area contributed by atoms with Crippen molar-refractivity contribution in [3.05, 3.63) is 35.1 Å². The van der Waals surface area contributed by atoms with Gasteiger partial charge in [-0.3, -0.25) is 4.79 Å². The SMILES string of the molecule is COc1ccc(C2CC2)c(C2=C(O)C(CC3CCOCC3)CC2=O)c1. The van der Waals surface area contributed by atoms with Crippen LogP contribution in [0.3, 0.4) is 0 Å². The minimum absolute atomic E-state index is 0.0381. The highest BCUT2D eigenvalue weighted by atomic mass is 16.5. The molecule has 1 N–H and O–H groups in total. The number of hydrogen-bond acceptors (Lipinski definition) is 4. The van der Waals surface area contributed by atoms with Gasteiger partial charge in [-0.05, 0) is 67.2 Å². The number of aliphatic hydroxyl groups is 1. The Bertz CT molecular complexity index is 696. The fourth-order valence-electron chi connectivity index (χ4n) is 4.27. The van der Waals surface area contributed by atoms with Gasteiger partial charge in [0.25, 0.3) is 0 Å². The molecule has 4 nitrogen and oxygen atoms in total. The maximum Gasteiger partial charge on any atom is 0.167 e. The summed E-state index contributed by atoms with van der Waals surface area (Å²) < 4.78 is 10.8. The van der Waals surface area contributed by atoms with Crippen LogP contribution in [0.25, 0.3) is 5.57 Å². The van der Waals surface area contributed by atoms with E-state index in [1.165, 1.54) is 5.56 Å². The van der Waals surface area contributed by atoms with E-state index in [2.05, 4.69) is 6.07 Å². The second-order valence-electron chi connectivity index (χ2n) is 7.60. The van der Waals surface area contributed by atoms with Crippen molar-refractivity contribution in [1.29, 1.82) is 0 Å². The van der Waals surface area contributed by atoms with Crippen molar-refractivity contribution < 1.29 is 19.4 Å². The molecule has 0 amide bonds. The minimum Gasteiger partial charge on any atom is -0.511 e. The molecule has 0 bridgehead atoms. The molecule has 4 rings (SSSR count). The summed E-state index contributed by atoms with van der Waals surface area (Å²) in [5.41, 5.74) is 2.61. The molecule has 25 heavy (non-hydrogen) atoms. The van der Waals surface area contributed by atoms with E-state index >= 15 is 0 Å². The summed E-state index contributed by atoms with van der Waals surface area (Å²) in [7, 11) is 1.63. The number of allylic oxidation sites excluding steroid dienone is 2. The van der Waals surface area contributed by atoms with Gasteiger partial charge in [-0.2, -0.15) is 0 Å². The van der Waals surface area contributed by atoms with Crippen LogP contribution in [0.2, 0.25) is 0 Å². The van der Waals surface area contributed by atoms with Crippen molar-refractivity contribution in [3.8, 4) is 5.75 Å². The zero-order chi connectivity index (χ0) is 17.4. The molecule has 1 aliphatic heterocycles. The van der Waals surface area contributed by atoms with Crippen LogP contribution in [-0.4, -0.2) is 31.2 Å². The highest BCUT2D eigenvalue weighted by Crippen LogP contribution is 2.47. The number of methoxy groups -OCH3 is 1. The molecule has 1 saturated carbocycles. The average Bonchev–Trinajstić information content (AvgIpc) is 3.43. The molecule has 0 aromatic heterocycles. The van der Waals surface area contributed by atoms with E-state index < -0.39 is 0 Å². The Hall–Kier alpha value is -1.81. The second-order valence-corrected chi connectivity index (χ2v) is 7.60. The van der Waals surface area contributed by atoms with Crippen molar-refractivity contribution >= 4 is 11.4 Å². The fraction of sp³-hybridized carbons (Fsp3) is 0.571. The average molecular weight is 342 g/mol. The highest BCUT2D eigenvalue weighted by molar-refractivity contribution is 6.24. The van der Waals surface area contributed by atoms with E-state index in [1.54, 1.807) is 7.11 Å². The normalized spacial score (nSPS) is 24.8. The van der Waals surface area contributed by atoms with Crippen LogP contribution >= 0.6 is 0 Å². The van der Waals surface area contributed by atoms with Crippen molar-refractivity contribution in [2.75, 3.05) is 20.3 Å². The molecule has 0 radical (unpaired) electrons. The van der Waals surface area contributed by atoms with Gasteiger partial charge < -0.3 is 14.6 Å². The third kappa shape index (κ3) is 3.32. The van der Waals surface area contributed by atoms with Crippen LogP contribution in [-0.2, 0) is 9.53 Å². The Balaban J connectivity index is 1.65. The quantitative estimate of drug-likeness (QED) is 0.869. The molecule has 1 saturated heterocycles. The molecule has 4 heteroatoms. The van der Waals surface area contributed by atoms with Crippen molar-refractivity contribution in [2.24, 2.45) is 11.8 Å². The number of aliphatic hydroxyl groups excluding tert-OH is 1. The van der Waals surface area contributed by atoms with E-state index in [1.807, 2.05) is 12.1 Å². The van der Waals surface area contributed by atoms with Gasteiger partial charge in [0, 0.05) is 25.6 Å². The molecule has 1 aromatic carbocycles. The number of benzene rings is 1. The lowest BCUT2D eigenvalue weighted by Crippen LogP contribution is -2.19. The van der Waals surface area contributed by atoms with Gasteiger partial charge in [0.2, 0.25) is 0 Å². The topological polar surface area (TPSA) is 55.8 Å². The first kappa shape index (κ1) is 16.6. The number of Topliss-reactive ketones (excluding diaryl/α,β-unsaturated/α-hetero) is 1. The Morgan fingerprint density at radius 1 is 1.20 bits per heavy atom. The predicted molar refractivity (Wildman–Crippen MR) is 95.8 cm³/mol. The number of carbonyl (C=O) groups excluding carboxylic acids is 1. The third-order valence-electron chi connectivity index (χ3n) is 5.86. The number of hydrogen-bond donors (Lipinski definition) is 1. The summed E-state index contributed by atoms with van der Waals surface area (Å²) in [6, 6.07) is 5.94. The summed E-state index contributed by atoms with van der Waals surface area (Å²) in [4.78, 5) is 12.7. The van der Waals surface area contributed by atoms with Crippen LogP contribution in [0.15, 0.2) is 24.0 Å². The van der Waals surface area contributed by atoms with E-state index in [9.17, 15) is 9.90 Å². The fourth-order valence-corrected chi connectivity index (χ4v) is 4.27. The van der Waals surface area contributed by atoms with Gasteiger partial charge in [-0.25, -0.2) is 0 Å². The zero-order valence-corrected chi connectivity index (χ0v) is 14.8. The third-order valence-corrected chi connectivity index (χ3v) is 5.86. The van der Waals surface area contributed by atoms with Crippen molar-refractivity contribution in [2.45, 2.75) is 44.4 Å². The summed E-state index contributed by atoms with van der Waals surface area (Å²) in [5, 5.41) is 10.9. The molecular weight excluding hydrogens is 316 g/mol. The largest absolute Gasteiger partial charge is 0.511 e. The highest BCUT2D eigenvalue weighted by Gasteiger charge is 2.37. The van der Waals surface area contributed by atoms with Crippen molar-refractivity contribution in [3.63, 3.8) is 0 Å². The molecule has 2 aliphatic carbocycles. The molecule has 1 unspecified atom stereocenters. The molecule has 3 aliphatic rings. The summed E-state index contributed by atoms with van der Waals surface area (Å²) >= 11 is 0. The van der Waals surface area contributed by atoms with Gasteiger partial charge in [-0.1, -0.05) is 6.07 Å². The molecule has 134 valence electrons. The monoisotopic (exact) mass is 342 g/mol. The first-order valence-corrected chi connectivity index (χ1v) is 9.39. The molecule has 1 atom stereocenters. The number of carbonyl (C=O) groups is 1. The first-order valence-electron chi connectivity index (χ1n) is 9.39.